The molecule has 0 aromatic heterocycles. The van der Waals surface area contributed by atoms with Crippen molar-refractivity contribution in [3.63, 3.8) is 0 Å². The number of hydrogen-bond acceptors (Lipinski definition) is 4. The molecular weight excluding hydrogens is 426 g/mol. The zero-order valence-corrected chi connectivity index (χ0v) is 18.6. The third-order valence-electron chi connectivity index (χ3n) is 4.96. The number of ether oxygens (including phenoxy) is 1. The number of anilines is 1. The molecular formula is C25H26ClN3O3. The molecule has 0 fully saturated rings. The van der Waals surface area contributed by atoms with Crippen molar-refractivity contribution in [2.45, 2.75) is 13.0 Å². The molecule has 2 amide bonds. The standard InChI is InChI=1S/C25H26ClN3O3/c1-32-22-11-8-19(9-12-22)25(31)29(15-5-14-27)17-20-16-21(10-13-23(20)26)28-24(30)18-6-3-2-4-7-18/h2-4,6-13,16H,5,14-15,17,27H2,1H3,(H,28,30). The van der Waals surface area contributed by atoms with E-state index in [0.717, 1.165) is 5.56 Å². The molecule has 32 heavy (non-hydrogen) atoms. The minimum absolute atomic E-state index is 0.129. The fourth-order valence-electron chi connectivity index (χ4n) is 3.22. The van der Waals surface area contributed by atoms with Crippen LogP contribution in [0.2, 0.25) is 5.02 Å². The second-order valence-corrected chi connectivity index (χ2v) is 7.63. The van der Waals surface area contributed by atoms with Gasteiger partial charge in [0.15, 0.2) is 0 Å². The average molecular weight is 452 g/mol. The lowest BCUT2D eigenvalue weighted by atomic mass is 10.1. The van der Waals surface area contributed by atoms with Crippen LogP contribution in [0.15, 0.2) is 72.8 Å². The summed E-state index contributed by atoms with van der Waals surface area (Å²) in [5.41, 5.74) is 8.13. The van der Waals surface area contributed by atoms with Crippen molar-refractivity contribution in [2.75, 3.05) is 25.5 Å². The molecule has 0 saturated heterocycles. The summed E-state index contributed by atoms with van der Waals surface area (Å²) < 4.78 is 5.17. The number of hydrogen-bond donors (Lipinski definition) is 2. The Balaban J connectivity index is 1.79. The number of amides is 2. The van der Waals surface area contributed by atoms with Crippen LogP contribution in [0.4, 0.5) is 5.69 Å². The van der Waals surface area contributed by atoms with Crippen LogP contribution in [0.3, 0.4) is 0 Å². The second-order valence-electron chi connectivity index (χ2n) is 7.22. The molecule has 0 aliphatic heterocycles. The van der Waals surface area contributed by atoms with E-state index in [4.69, 9.17) is 22.1 Å². The Hall–Kier alpha value is -3.35. The Kier molecular flexibility index (Phi) is 8.25. The molecule has 3 N–H and O–H groups in total. The first kappa shape index (κ1) is 23.3. The largest absolute Gasteiger partial charge is 0.497 e. The molecule has 3 rings (SSSR count). The van der Waals surface area contributed by atoms with Crippen molar-refractivity contribution in [3.8, 4) is 5.75 Å². The Morgan fingerprint density at radius 1 is 1.00 bits per heavy atom. The number of nitrogens with one attached hydrogen (secondary N) is 1. The van der Waals surface area contributed by atoms with E-state index >= 15 is 0 Å². The topological polar surface area (TPSA) is 84.7 Å². The van der Waals surface area contributed by atoms with E-state index in [-0.39, 0.29) is 11.8 Å². The maximum atomic E-state index is 13.1. The fourth-order valence-corrected chi connectivity index (χ4v) is 3.40. The average Bonchev–Trinajstić information content (AvgIpc) is 2.83. The lowest BCUT2D eigenvalue weighted by Crippen LogP contribution is -2.32. The molecule has 0 radical (unpaired) electrons. The van der Waals surface area contributed by atoms with E-state index in [2.05, 4.69) is 5.32 Å². The normalized spacial score (nSPS) is 10.5. The molecule has 0 unspecified atom stereocenters. The van der Waals surface area contributed by atoms with Gasteiger partial charge in [0, 0.05) is 34.9 Å². The van der Waals surface area contributed by atoms with Gasteiger partial charge in [0.2, 0.25) is 0 Å². The Labute approximate surface area is 192 Å². The van der Waals surface area contributed by atoms with Crippen LogP contribution in [0.25, 0.3) is 0 Å². The van der Waals surface area contributed by atoms with Gasteiger partial charge in [-0.15, -0.1) is 0 Å². The third-order valence-corrected chi connectivity index (χ3v) is 5.33. The van der Waals surface area contributed by atoms with Gasteiger partial charge in [-0.2, -0.15) is 0 Å². The van der Waals surface area contributed by atoms with Crippen LogP contribution in [-0.2, 0) is 6.54 Å². The summed E-state index contributed by atoms with van der Waals surface area (Å²) in [4.78, 5) is 27.3. The molecule has 3 aromatic carbocycles. The van der Waals surface area contributed by atoms with E-state index in [1.54, 1.807) is 66.6 Å². The number of halogens is 1. The molecule has 6 nitrogen and oxygen atoms in total. The van der Waals surface area contributed by atoms with Gasteiger partial charge in [0.05, 0.1) is 7.11 Å². The molecule has 0 bridgehead atoms. The van der Waals surface area contributed by atoms with Crippen LogP contribution in [-0.4, -0.2) is 36.9 Å². The lowest BCUT2D eigenvalue weighted by molar-refractivity contribution is 0.0742. The third kappa shape index (κ3) is 6.09. The van der Waals surface area contributed by atoms with Crippen molar-refractivity contribution in [2.24, 2.45) is 5.73 Å². The number of benzene rings is 3. The summed E-state index contributed by atoms with van der Waals surface area (Å²) >= 11 is 6.43. The fraction of sp³-hybridized carbons (Fsp3) is 0.200. The molecule has 0 saturated carbocycles. The number of carbonyl (C=O) groups excluding carboxylic acids is 2. The highest BCUT2D eigenvalue weighted by Crippen LogP contribution is 2.24. The molecule has 0 atom stereocenters. The van der Waals surface area contributed by atoms with Gasteiger partial charge < -0.3 is 20.7 Å². The monoisotopic (exact) mass is 451 g/mol. The van der Waals surface area contributed by atoms with Crippen molar-refractivity contribution >= 4 is 29.1 Å². The first-order chi connectivity index (χ1) is 15.5. The van der Waals surface area contributed by atoms with Gasteiger partial charge in [-0.1, -0.05) is 29.8 Å². The van der Waals surface area contributed by atoms with Crippen molar-refractivity contribution in [3.05, 3.63) is 94.5 Å². The van der Waals surface area contributed by atoms with Crippen LogP contribution < -0.4 is 15.8 Å². The predicted octanol–water partition coefficient (Wildman–Crippen LogP) is 4.59. The van der Waals surface area contributed by atoms with E-state index in [1.165, 1.54) is 0 Å². The highest BCUT2D eigenvalue weighted by atomic mass is 35.5. The second kappa shape index (κ2) is 11.3. The Bertz CT molecular complexity index is 1060. The summed E-state index contributed by atoms with van der Waals surface area (Å²) in [5, 5.41) is 3.40. The molecule has 7 heteroatoms. The highest BCUT2D eigenvalue weighted by molar-refractivity contribution is 6.31. The lowest BCUT2D eigenvalue weighted by Gasteiger charge is -2.24. The summed E-state index contributed by atoms with van der Waals surface area (Å²) in [6, 6.07) is 21.2. The summed E-state index contributed by atoms with van der Waals surface area (Å²) in [7, 11) is 1.58. The summed E-state index contributed by atoms with van der Waals surface area (Å²) in [5.74, 6) is 0.337. The van der Waals surface area contributed by atoms with Gasteiger partial charge >= 0.3 is 0 Å². The van der Waals surface area contributed by atoms with Gasteiger partial charge in [-0.25, -0.2) is 0 Å². The smallest absolute Gasteiger partial charge is 0.255 e. The number of nitrogens with two attached hydrogens (primary N) is 1. The van der Waals surface area contributed by atoms with Gasteiger partial charge in [0.25, 0.3) is 11.8 Å². The van der Waals surface area contributed by atoms with E-state index in [0.29, 0.717) is 53.6 Å². The van der Waals surface area contributed by atoms with Crippen LogP contribution in [0.1, 0.15) is 32.7 Å². The maximum absolute atomic E-state index is 13.1. The van der Waals surface area contributed by atoms with Gasteiger partial charge in [0.1, 0.15) is 5.75 Å². The van der Waals surface area contributed by atoms with Gasteiger partial charge in [-0.3, -0.25) is 9.59 Å². The number of rotatable bonds is 9. The first-order valence-electron chi connectivity index (χ1n) is 10.3. The zero-order valence-electron chi connectivity index (χ0n) is 17.9. The van der Waals surface area contributed by atoms with E-state index in [1.807, 2.05) is 18.2 Å². The minimum atomic E-state index is -0.215. The summed E-state index contributed by atoms with van der Waals surface area (Å²) in [6.07, 6.45) is 0.657. The van der Waals surface area contributed by atoms with E-state index < -0.39 is 0 Å². The number of nitrogens with zero attached hydrogens (tertiary/aromatic N) is 1. The number of methoxy groups -OCH3 is 1. The van der Waals surface area contributed by atoms with E-state index in [9.17, 15) is 9.59 Å². The highest BCUT2D eigenvalue weighted by Gasteiger charge is 2.18. The van der Waals surface area contributed by atoms with Crippen molar-refractivity contribution < 1.29 is 14.3 Å². The SMILES string of the molecule is COc1ccc(C(=O)N(CCCN)Cc2cc(NC(=O)c3ccccc3)ccc2Cl)cc1. The Morgan fingerprint density at radius 2 is 1.72 bits per heavy atom. The van der Waals surface area contributed by atoms with Gasteiger partial charge in [-0.05, 0) is 73.1 Å². The number of carbonyl (C=O) groups is 2. The molecule has 3 aromatic rings. The minimum Gasteiger partial charge on any atom is -0.497 e. The van der Waals surface area contributed by atoms with Crippen LogP contribution >= 0.6 is 11.6 Å². The van der Waals surface area contributed by atoms with Crippen LogP contribution in [0, 0.1) is 0 Å². The maximum Gasteiger partial charge on any atom is 0.255 e. The molecule has 166 valence electrons. The predicted molar refractivity (Wildman–Crippen MR) is 127 cm³/mol. The Morgan fingerprint density at radius 3 is 2.38 bits per heavy atom. The van der Waals surface area contributed by atoms with Crippen molar-refractivity contribution in [1.29, 1.82) is 0 Å². The first-order valence-corrected chi connectivity index (χ1v) is 10.7. The molecule has 0 heterocycles. The van der Waals surface area contributed by atoms with Crippen molar-refractivity contribution in [1.82, 2.24) is 4.90 Å². The summed E-state index contributed by atoms with van der Waals surface area (Å²) in [6.45, 7) is 1.24. The molecule has 0 aliphatic rings. The quantitative estimate of drug-likeness (QED) is 0.498. The molecule has 0 aliphatic carbocycles. The molecule has 0 spiro atoms. The zero-order chi connectivity index (χ0) is 22.9. The van der Waals surface area contributed by atoms with Crippen LogP contribution in [0.5, 0.6) is 5.75 Å².